The summed E-state index contributed by atoms with van der Waals surface area (Å²) in [7, 11) is 10.2. The number of H-pyrrole nitrogens is 1. The third-order valence-corrected chi connectivity index (χ3v) is 29.2. The van der Waals surface area contributed by atoms with Crippen molar-refractivity contribution >= 4 is 164 Å². The van der Waals surface area contributed by atoms with Gasteiger partial charge in [-0.2, -0.15) is 0 Å². The van der Waals surface area contributed by atoms with E-state index in [9.17, 15) is 58.5 Å². The number of aliphatic hydroxyl groups excluding tert-OH is 2. The molecule has 694 valence electrons. The number of epoxide rings is 1. The first-order valence-electron chi connectivity index (χ1n) is 42.1. The first-order chi connectivity index (χ1) is 61.0. The summed E-state index contributed by atoms with van der Waals surface area (Å²) in [6.45, 7) is 9.39. The predicted octanol–water partition coefficient (Wildman–Crippen LogP) is 4.83. The number of ether oxygens (including phenoxy) is 5. The number of carbonyl (C=O) groups is 12. The third kappa shape index (κ3) is 26.7. The number of benzene rings is 4. The highest BCUT2D eigenvalue weighted by Crippen LogP contribution is 2.50. The number of hydrogen-bond donors (Lipinski definition) is 15. The first kappa shape index (κ1) is 101. The van der Waals surface area contributed by atoms with Gasteiger partial charge < -0.3 is 108 Å². The molecule has 4 aromatic carbocycles. The van der Waals surface area contributed by atoms with Crippen molar-refractivity contribution in [2.45, 2.75) is 208 Å². The van der Waals surface area contributed by atoms with Crippen molar-refractivity contribution in [1.29, 1.82) is 0 Å². The maximum absolute atomic E-state index is 15.3. The van der Waals surface area contributed by atoms with Crippen LogP contribution >= 0.6 is 66.1 Å². The Morgan fingerprint density at radius 1 is 0.812 bits per heavy atom. The minimum absolute atomic E-state index is 0.0321. The van der Waals surface area contributed by atoms with Crippen LogP contribution in [0.3, 0.4) is 0 Å². The monoisotopic (exact) mass is 1880 g/mol. The van der Waals surface area contributed by atoms with Crippen molar-refractivity contribution in [3.05, 3.63) is 154 Å². The van der Waals surface area contributed by atoms with Gasteiger partial charge in [-0.1, -0.05) is 152 Å². The van der Waals surface area contributed by atoms with Crippen molar-refractivity contribution in [1.82, 2.24) is 57.7 Å². The lowest BCUT2D eigenvalue weighted by Crippen LogP contribution is -2.63. The molecule has 10 rings (SSSR count). The zero-order valence-corrected chi connectivity index (χ0v) is 77.7. The van der Waals surface area contributed by atoms with Gasteiger partial charge in [-0.25, -0.2) is 9.59 Å². The average molecular weight is 1880 g/mol. The van der Waals surface area contributed by atoms with Gasteiger partial charge in [0.1, 0.15) is 83.0 Å². The molecule has 17 N–H and O–H groups in total. The van der Waals surface area contributed by atoms with Crippen LogP contribution < -0.4 is 69.0 Å². The second-order valence-electron chi connectivity index (χ2n) is 32.5. The number of anilines is 1. The van der Waals surface area contributed by atoms with E-state index >= 15 is 14.4 Å². The third-order valence-electron chi connectivity index (χ3n) is 23.0. The largest absolute Gasteiger partial charge is 0.495 e. The molecule has 128 heavy (non-hydrogen) atoms. The number of likely N-dealkylation sites (N-methyl/N-ethyl adjacent to an activating group) is 1. The Morgan fingerprint density at radius 2 is 1.48 bits per heavy atom. The standard InChI is InChI=1S/C88H115ClN14O20S5/c1-47-21-20-29-69(120-10)88(118)42-67(121-86(117)101-88)48(2)76-87(6,123-76)70(41-72(107)103(8)65-37-53(35-47)38-66(119-9)73(65)89)122-85(116)49(3)102(7)71(106)30-33-125-126-34-32-92-83(114)74(50(4)104)99-82(113)64-46-128-127-45-63(97-77(108)58(91)36-52-22-12-11-13-23-52)81(112)96-62(40-55-44-124-68-28-17-15-25-57(55)68)80(111)95-61(39-54-43-93-59-26-16-14-24-56(54)59)79(110)94-60(27-18-19-31-90)78(109)100-75(51(5)105)84(115)98-64/h11-17,20-26,28-29,37-38,43-44,48-51,58,60-64,67,69-70,74-76,93,104-105,118H,18-19,27,30-36,39-42,45-46,90-91H2,1-10H3,(H,92,114)(H,94,110)(H,95,111)(H,96,112)(H,97,108)(H,98,115)(H,99,113)(H,100,109)(H,101,117)/b29-20+,47-21+/t48-,49+,50-,51-,58-,60+,61-,62+,63+,64+,67+,69-,70+,74+,75+,76+,87+,88+/m1/s1. The molecule has 11 amide bonds. The summed E-state index contributed by atoms with van der Waals surface area (Å²) in [5.41, 5.74) is 13.8. The summed E-state index contributed by atoms with van der Waals surface area (Å²) >= 11 is 8.31. The molecular weight excluding hydrogens is 1770 g/mol. The summed E-state index contributed by atoms with van der Waals surface area (Å²) < 4.78 is 30.6. The van der Waals surface area contributed by atoms with Gasteiger partial charge in [0.15, 0.2) is 5.72 Å². The van der Waals surface area contributed by atoms with Gasteiger partial charge in [0.2, 0.25) is 59.1 Å². The van der Waals surface area contributed by atoms with E-state index in [-0.39, 0.29) is 86.1 Å². The number of hydrogen-bond acceptors (Lipinski definition) is 27. The molecule has 6 heterocycles. The highest BCUT2D eigenvalue weighted by molar-refractivity contribution is 8.77. The summed E-state index contributed by atoms with van der Waals surface area (Å²) in [5.74, 6) is -9.53. The first-order valence-corrected chi connectivity index (χ1v) is 48.4. The van der Waals surface area contributed by atoms with Crippen LogP contribution in [0.5, 0.6) is 5.75 Å². The number of methoxy groups -OCH3 is 2. The Bertz CT molecular complexity index is 5010. The molecule has 3 fully saturated rings. The summed E-state index contributed by atoms with van der Waals surface area (Å²) in [6, 6.07) is 13.9. The molecule has 40 heteroatoms. The zero-order valence-electron chi connectivity index (χ0n) is 72.8. The van der Waals surface area contributed by atoms with Crippen LogP contribution in [0.15, 0.2) is 126 Å². The number of esters is 1. The van der Waals surface area contributed by atoms with Gasteiger partial charge in [-0.15, -0.1) is 11.3 Å². The van der Waals surface area contributed by atoms with Gasteiger partial charge in [-0.3, -0.25) is 53.3 Å². The second-order valence-corrected chi connectivity index (χ2v) is 39.1. The van der Waals surface area contributed by atoms with Crippen LogP contribution in [-0.2, 0) is 97.4 Å². The number of fused-ring (bicyclic) bond motifs is 7. The fraction of sp³-hybridized carbons (Fsp3) is 0.500. The smallest absolute Gasteiger partial charge is 0.409 e. The number of nitrogens with one attached hydrogen (secondary N) is 10. The Balaban J connectivity index is 0.810. The number of nitrogens with zero attached hydrogens (tertiary/aromatic N) is 2. The molecular formula is C88H115ClN14O20S5. The molecule has 6 aromatic rings. The molecule has 0 radical (unpaired) electrons. The molecule has 0 unspecified atom stereocenters. The van der Waals surface area contributed by atoms with Gasteiger partial charge in [0.25, 0.3) is 0 Å². The molecule has 3 saturated heterocycles. The lowest BCUT2D eigenvalue weighted by molar-refractivity contribution is -0.162. The molecule has 4 aliphatic heterocycles. The topological polar surface area (TPSA) is 498 Å². The maximum atomic E-state index is 15.3. The average Bonchev–Trinajstić information content (AvgIpc) is 1.57. The van der Waals surface area contributed by atoms with E-state index in [0.717, 1.165) is 59.3 Å². The number of halogens is 1. The number of carbonyl (C=O) groups excluding carboxylic acids is 12. The maximum Gasteiger partial charge on any atom is 0.409 e. The van der Waals surface area contributed by atoms with Crippen LogP contribution in [0.25, 0.3) is 21.0 Å². The van der Waals surface area contributed by atoms with Gasteiger partial charge in [0, 0.05) is 104 Å². The molecule has 2 aromatic heterocycles. The van der Waals surface area contributed by atoms with E-state index in [1.54, 1.807) is 80.7 Å². The van der Waals surface area contributed by atoms with Crippen LogP contribution in [0.1, 0.15) is 102 Å². The van der Waals surface area contributed by atoms with E-state index in [0.29, 0.717) is 35.4 Å². The number of allylic oxidation sites excluding steroid dienone is 3. The van der Waals surface area contributed by atoms with E-state index in [1.807, 2.05) is 60.8 Å². The van der Waals surface area contributed by atoms with Crippen LogP contribution in [-0.4, -0.2) is 263 Å². The molecule has 4 aliphatic rings. The predicted molar refractivity (Wildman–Crippen MR) is 494 cm³/mol. The number of aliphatic hydroxyl groups is 3. The number of rotatable bonds is 29. The summed E-state index contributed by atoms with van der Waals surface area (Å²) in [4.78, 5) is 180. The highest BCUT2D eigenvalue weighted by Gasteiger charge is 2.65. The Morgan fingerprint density at radius 3 is 2.18 bits per heavy atom. The fourth-order valence-electron chi connectivity index (χ4n) is 15.3. The summed E-state index contributed by atoms with van der Waals surface area (Å²) in [5, 5.41) is 62.3. The zero-order chi connectivity index (χ0) is 92.8. The number of unbranched alkanes of at least 4 members (excludes halogenated alkanes) is 1. The van der Waals surface area contributed by atoms with Crippen molar-refractivity contribution in [2.24, 2.45) is 17.4 Å². The Labute approximate surface area is 767 Å². The van der Waals surface area contributed by atoms with E-state index < -0.39 is 186 Å². The van der Waals surface area contributed by atoms with E-state index in [1.165, 1.54) is 91.8 Å². The number of aromatic nitrogens is 1. The Kier molecular flexibility index (Phi) is 36.8. The molecule has 0 aliphatic carbocycles. The number of amides is 11. The molecule has 0 saturated carbocycles. The number of alkyl carbamates (subject to hydrolysis) is 1. The minimum Gasteiger partial charge on any atom is -0.495 e. The minimum atomic E-state index is -1.94. The van der Waals surface area contributed by atoms with Crippen molar-refractivity contribution in [2.75, 3.05) is 69.3 Å². The SMILES string of the molecule is COc1cc2cc(c1Cl)N(C)C(=O)C[C@H](OC(=O)[C@H](C)N(C)C(=O)CCSSCCNC(=O)[C@@H](NC(=O)[C@@H]1CSSC[C@H](NC(=O)[C@H](N)Cc3ccccc3)C(=O)N[C@@H](Cc3csc4ccccc34)C(=O)N[C@H](Cc3c[nH]c4ccccc34)C(=O)N[C@@H](CCCCN)C(=O)N[C@@H]([C@@H](C)O)C(=O)N1)[C@@H](C)O)[C@]1(C)O[C@H]1[C@H](C)[C@@H]1C[C@@](O)(NC(=O)O1)[C@H](OC)/C=C/C=C(\C)C2. The van der Waals surface area contributed by atoms with Crippen LogP contribution in [0, 0.1) is 5.92 Å². The fourth-order valence-corrected chi connectivity index (χ4v) is 20.8. The summed E-state index contributed by atoms with van der Waals surface area (Å²) in [6.07, 6.45) is -1.27. The molecule has 18 atom stereocenters. The van der Waals surface area contributed by atoms with Crippen molar-refractivity contribution < 1.29 is 96.5 Å². The van der Waals surface area contributed by atoms with Gasteiger partial charge >= 0.3 is 12.1 Å². The van der Waals surface area contributed by atoms with E-state index in [2.05, 4.69) is 52.8 Å². The molecule has 0 spiro atoms. The number of thiophene rings is 1. The van der Waals surface area contributed by atoms with Gasteiger partial charge in [-0.05, 0) is 131 Å². The van der Waals surface area contributed by atoms with Crippen LogP contribution in [0.2, 0.25) is 5.02 Å². The molecule has 4 bridgehead atoms. The number of aromatic amines is 1. The lowest BCUT2D eigenvalue weighted by atomic mass is 9.83. The lowest BCUT2D eigenvalue weighted by Gasteiger charge is -2.42. The normalized spacial score (nSPS) is 26.1. The quantitative estimate of drug-likeness (QED) is 0.0129. The number of para-hydroxylation sites is 1. The van der Waals surface area contributed by atoms with Crippen molar-refractivity contribution in [3.8, 4) is 5.75 Å². The Hall–Kier alpha value is -9.49. The van der Waals surface area contributed by atoms with E-state index in [4.69, 9.17) is 46.8 Å². The van der Waals surface area contributed by atoms with Crippen LogP contribution in [0.4, 0.5) is 10.5 Å². The number of nitrogens with two attached hydrogens (primary N) is 2. The second kappa shape index (κ2) is 46.9. The molecule has 34 nitrogen and oxygen atoms in total. The highest BCUT2D eigenvalue weighted by atomic mass is 35.5. The van der Waals surface area contributed by atoms with Crippen molar-refractivity contribution in [3.63, 3.8) is 0 Å². The van der Waals surface area contributed by atoms with Gasteiger partial charge in [0.05, 0.1) is 43.6 Å².